The lowest BCUT2D eigenvalue weighted by molar-refractivity contribution is 0.946. The Morgan fingerprint density at radius 3 is 2.55 bits per heavy atom. The molecule has 0 fully saturated rings. The van der Waals surface area contributed by atoms with Gasteiger partial charge in [-0.25, -0.2) is 9.97 Å². The van der Waals surface area contributed by atoms with E-state index in [0.29, 0.717) is 0 Å². The van der Waals surface area contributed by atoms with Gasteiger partial charge in [-0.3, -0.25) is 5.10 Å². The molecule has 20 heavy (non-hydrogen) atoms. The highest BCUT2D eigenvalue weighted by Crippen LogP contribution is 2.17. The van der Waals surface area contributed by atoms with Crippen molar-refractivity contribution in [2.45, 2.75) is 20.3 Å². The summed E-state index contributed by atoms with van der Waals surface area (Å²) in [5, 5.41) is 6.78. The average Bonchev–Trinajstić information content (AvgIpc) is 2.95. The number of H-pyrrole nitrogens is 1. The van der Waals surface area contributed by atoms with Crippen LogP contribution in [0.5, 0.6) is 0 Å². The van der Waals surface area contributed by atoms with Crippen LogP contribution >= 0.6 is 0 Å². The van der Waals surface area contributed by atoms with E-state index in [9.17, 15) is 0 Å². The molecule has 0 aliphatic carbocycles. The first-order valence-electron chi connectivity index (χ1n) is 6.60. The van der Waals surface area contributed by atoms with Crippen LogP contribution < -0.4 is 0 Å². The smallest absolute Gasteiger partial charge is 0.133 e. The Morgan fingerprint density at radius 2 is 1.85 bits per heavy atom. The number of aromatic amines is 1. The SMILES string of the molecule is Cc1ccc(Cc2nc(C)cc(-c3cn[nH]c3)n2)cc1. The van der Waals surface area contributed by atoms with Gasteiger partial charge in [0.15, 0.2) is 0 Å². The van der Waals surface area contributed by atoms with Crippen LogP contribution in [0.4, 0.5) is 0 Å². The first-order chi connectivity index (χ1) is 9.70. The van der Waals surface area contributed by atoms with Gasteiger partial charge in [0.1, 0.15) is 5.82 Å². The van der Waals surface area contributed by atoms with E-state index in [1.54, 1.807) is 6.20 Å². The van der Waals surface area contributed by atoms with Crippen molar-refractivity contribution < 1.29 is 0 Å². The lowest BCUT2D eigenvalue weighted by Gasteiger charge is -2.05. The Kier molecular flexibility index (Phi) is 3.29. The standard InChI is InChI=1S/C16H16N4/c1-11-3-5-13(6-4-11)8-16-19-12(2)7-15(20-16)14-9-17-18-10-14/h3-7,9-10H,8H2,1-2H3,(H,17,18). The second-order valence-corrected chi connectivity index (χ2v) is 4.96. The third-order valence-corrected chi connectivity index (χ3v) is 3.18. The molecule has 2 heterocycles. The summed E-state index contributed by atoms with van der Waals surface area (Å²) in [6, 6.07) is 10.4. The number of aryl methyl sites for hydroxylation is 2. The van der Waals surface area contributed by atoms with Crippen LogP contribution in [0.25, 0.3) is 11.3 Å². The van der Waals surface area contributed by atoms with Gasteiger partial charge in [-0.2, -0.15) is 5.10 Å². The molecule has 4 nitrogen and oxygen atoms in total. The van der Waals surface area contributed by atoms with E-state index < -0.39 is 0 Å². The summed E-state index contributed by atoms with van der Waals surface area (Å²) >= 11 is 0. The van der Waals surface area contributed by atoms with Gasteiger partial charge in [-0.15, -0.1) is 0 Å². The van der Waals surface area contributed by atoms with E-state index in [-0.39, 0.29) is 0 Å². The maximum Gasteiger partial charge on any atom is 0.133 e. The molecule has 1 aromatic carbocycles. The molecular formula is C16H16N4. The van der Waals surface area contributed by atoms with Gasteiger partial charge < -0.3 is 0 Å². The summed E-state index contributed by atoms with van der Waals surface area (Å²) in [6.45, 7) is 4.08. The molecule has 0 saturated heterocycles. The number of aromatic nitrogens is 4. The Balaban J connectivity index is 1.92. The highest BCUT2D eigenvalue weighted by molar-refractivity contribution is 5.57. The molecule has 3 rings (SSSR count). The summed E-state index contributed by atoms with van der Waals surface area (Å²) in [5.74, 6) is 0.838. The topological polar surface area (TPSA) is 54.5 Å². The molecule has 0 unspecified atom stereocenters. The summed E-state index contributed by atoms with van der Waals surface area (Å²) < 4.78 is 0. The van der Waals surface area contributed by atoms with Crippen molar-refractivity contribution in [3.05, 3.63) is 65.4 Å². The Bertz CT molecular complexity index is 700. The lowest BCUT2D eigenvalue weighted by atomic mass is 10.1. The zero-order valence-corrected chi connectivity index (χ0v) is 11.6. The fourth-order valence-electron chi connectivity index (χ4n) is 2.14. The molecule has 0 radical (unpaired) electrons. The molecule has 0 atom stereocenters. The highest BCUT2D eigenvalue weighted by Gasteiger charge is 2.06. The van der Waals surface area contributed by atoms with Gasteiger partial charge in [0, 0.05) is 23.9 Å². The van der Waals surface area contributed by atoms with E-state index in [4.69, 9.17) is 0 Å². The van der Waals surface area contributed by atoms with Crippen LogP contribution in [0.1, 0.15) is 22.6 Å². The molecule has 0 spiro atoms. The number of hydrogen-bond donors (Lipinski definition) is 1. The van der Waals surface area contributed by atoms with Crippen LogP contribution in [0.15, 0.2) is 42.7 Å². The summed E-state index contributed by atoms with van der Waals surface area (Å²) in [5.41, 5.74) is 5.35. The Morgan fingerprint density at radius 1 is 1.05 bits per heavy atom. The second kappa shape index (κ2) is 5.25. The molecule has 0 amide bonds. The van der Waals surface area contributed by atoms with Crippen LogP contribution in [0, 0.1) is 13.8 Å². The van der Waals surface area contributed by atoms with Gasteiger partial charge in [0.25, 0.3) is 0 Å². The Hall–Kier alpha value is -2.49. The van der Waals surface area contributed by atoms with Gasteiger partial charge in [0.2, 0.25) is 0 Å². The van der Waals surface area contributed by atoms with E-state index in [1.807, 2.05) is 19.2 Å². The maximum atomic E-state index is 4.62. The fraction of sp³-hybridized carbons (Fsp3) is 0.188. The number of nitrogens with one attached hydrogen (secondary N) is 1. The van der Waals surface area contributed by atoms with Crippen LogP contribution in [0.2, 0.25) is 0 Å². The quantitative estimate of drug-likeness (QED) is 0.791. The highest BCUT2D eigenvalue weighted by atomic mass is 15.1. The largest absolute Gasteiger partial charge is 0.285 e. The molecule has 0 bridgehead atoms. The lowest BCUT2D eigenvalue weighted by Crippen LogP contribution is -2.00. The number of hydrogen-bond acceptors (Lipinski definition) is 3. The summed E-state index contributed by atoms with van der Waals surface area (Å²) in [6.07, 6.45) is 4.36. The zero-order valence-electron chi connectivity index (χ0n) is 11.6. The van der Waals surface area contributed by atoms with Gasteiger partial charge in [0.05, 0.1) is 11.9 Å². The molecule has 2 aromatic heterocycles. The van der Waals surface area contributed by atoms with Crippen LogP contribution in [-0.2, 0) is 6.42 Å². The number of benzene rings is 1. The third-order valence-electron chi connectivity index (χ3n) is 3.18. The maximum absolute atomic E-state index is 4.62. The minimum absolute atomic E-state index is 0.743. The first-order valence-corrected chi connectivity index (χ1v) is 6.60. The molecule has 4 heteroatoms. The van der Waals surface area contributed by atoms with Crippen molar-refractivity contribution in [1.29, 1.82) is 0 Å². The summed E-state index contributed by atoms with van der Waals surface area (Å²) in [4.78, 5) is 9.14. The summed E-state index contributed by atoms with van der Waals surface area (Å²) in [7, 11) is 0. The average molecular weight is 264 g/mol. The van der Waals surface area contributed by atoms with Crippen molar-refractivity contribution in [3.63, 3.8) is 0 Å². The number of rotatable bonds is 3. The van der Waals surface area contributed by atoms with Crippen molar-refractivity contribution in [2.24, 2.45) is 0 Å². The monoisotopic (exact) mass is 264 g/mol. The molecule has 1 N–H and O–H groups in total. The fourth-order valence-corrected chi connectivity index (χ4v) is 2.14. The second-order valence-electron chi connectivity index (χ2n) is 4.96. The first kappa shape index (κ1) is 12.5. The van der Waals surface area contributed by atoms with Crippen LogP contribution in [0.3, 0.4) is 0 Å². The molecule has 100 valence electrons. The molecule has 3 aromatic rings. The van der Waals surface area contributed by atoms with E-state index in [0.717, 1.165) is 29.2 Å². The minimum Gasteiger partial charge on any atom is -0.285 e. The van der Waals surface area contributed by atoms with Gasteiger partial charge in [-0.05, 0) is 25.5 Å². The third kappa shape index (κ3) is 2.74. The minimum atomic E-state index is 0.743. The predicted molar refractivity (Wildman–Crippen MR) is 78.3 cm³/mol. The predicted octanol–water partition coefficient (Wildman–Crippen LogP) is 3.07. The van der Waals surface area contributed by atoms with Crippen LogP contribution in [-0.4, -0.2) is 20.2 Å². The van der Waals surface area contributed by atoms with Crippen molar-refractivity contribution in [1.82, 2.24) is 20.2 Å². The van der Waals surface area contributed by atoms with Gasteiger partial charge in [-0.1, -0.05) is 29.8 Å². The molecule has 0 saturated carbocycles. The number of nitrogens with zero attached hydrogens (tertiary/aromatic N) is 3. The molecular weight excluding hydrogens is 248 g/mol. The van der Waals surface area contributed by atoms with Gasteiger partial charge >= 0.3 is 0 Å². The van der Waals surface area contributed by atoms with Crippen molar-refractivity contribution >= 4 is 0 Å². The van der Waals surface area contributed by atoms with E-state index >= 15 is 0 Å². The van der Waals surface area contributed by atoms with E-state index in [1.165, 1.54) is 11.1 Å². The van der Waals surface area contributed by atoms with E-state index in [2.05, 4.69) is 51.4 Å². The normalized spacial score (nSPS) is 10.7. The zero-order chi connectivity index (χ0) is 13.9. The van der Waals surface area contributed by atoms with Crippen molar-refractivity contribution in [2.75, 3.05) is 0 Å². The Labute approximate surface area is 117 Å². The molecule has 0 aliphatic rings. The molecule has 0 aliphatic heterocycles. The van der Waals surface area contributed by atoms with Crippen molar-refractivity contribution in [3.8, 4) is 11.3 Å².